The van der Waals surface area contributed by atoms with Crippen molar-refractivity contribution in [3.05, 3.63) is 59.7 Å². The predicted octanol–water partition coefficient (Wildman–Crippen LogP) is 3.94. The van der Waals surface area contributed by atoms with Gasteiger partial charge in [0.15, 0.2) is 0 Å². The second kappa shape index (κ2) is 5.86. The quantitative estimate of drug-likeness (QED) is 0.832. The summed E-state index contributed by atoms with van der Waals surface area (Å²) >= 11 is 0. The molecule has 0 aliphatic carbocycles. The molecule has 0 heterocycles. The summed E-state index contributed by atoms with van der Waals surface area (Å²) in [5, 5.41) is 3.09. The minimum Gasteiger partial charge on any atom is -0.399 e. The Balaban J connectivity index is 1.87. The van der Waals surface area contributed by atoms with Crippen molar-refractivity contribution >= 4 is 11.4 Å². The number of benzene rings is 2. The molecular weight excluding hydrogens is 265 g/mol. The molecule has 5 heteroatoms. The fourth-order valence-corrected chi connectivity index (χ4v) is 1.81. The first-order valence-corrected chi connectivity index (χ1v) is 6.21. The number of nitrogens with two attached hydrogens (primary N) is 1. The molecule has 2 nitrogen and oxygen atoms in total. The van der Waals surface area contributed by atoms with E-state index in [0.717, 1.165) is 24.1 Å². The highest BCUT2D eigenvalue weighted by atomic mass is 19.4. The summed E-state index contributed by atoms with van der Waals surface area (Å²) in [5.41, 5.74) is 7.46. The summed E-state index contributed by atoms with van der Waals surface area (Å²) in [6.45, 7) is 0.648. The molecule has 0 radical (unpaired) electrons. The van der Waals surface area contributed by atoms with Crippen LogP contribution in [0.15, 0.2) is 48.5 Å². The van der Waals surface area contributed by atoms with E-state index in [0.29, 0.717) is 17.9 Å². The van der Waals surface area contributed by atoms with Gasteiger partial charge in [-0.3, -0.25) is 0 Å². The SMILES string of the molecule is Nc1ccc(CCNc2ccc(C(F)(F)F)cc2)cc1. The third-order valence-electron chi connectivity index (χ3n) is 2.93. The maximum absolute atomic E-state index is 12.4. The molecule has 0 bridgehead atoms. The minimum atomic E-state index is -4.29. The maximum Gasteiger partial charge on any atom is 0.416 e. The number of anilines is 2. The molecule has 0 saturated carbocycles. The van der Waals surface area contributed by atoms with E-state index in [1.165, 1.54) is 12.1 Å². The fraction of sp³-hybridized carbons (Fsp3) is 0.200. The van der Waals surface area contributed by atoms with Gasteiger partial charge in [-0.05, 0) is 48.4 Å². The average Bonchev–Trinajstić information content (AvgIpc) is 2.41. The van der Waals surface area contributed by atoms with E-state index in [1.54, 1.807) is 0 Å². The van der Waals surface area contributed by atoms with Crippen LogP contribution >= 0.6 is 0 Å². The van der Waals surface area contributed by atoms with Crippen molar-refractivity contribution in [3.8, 4) is 0 Å². The number of alkyl halides is 3. The Bertz CT molecular complexity index is 545. The molecule has 0 aromatic heterocycles. The number of rotatable bonds is 4. The third-order valence-corrected chi connectivity index (χ3v) is 2.93. The second-order valence-electron chi connectivity index (χ2n) is 4.49. The van der Waals surface area contributed by atoms with Crippen LogP contribution in [0, 0.1) is 0 Å². The molecule has 0 unspecified atom stereocenters. The van der Waals surface area contributed by atoms with Crippen LogP contribution in [0.5, 0.6) is 0 Å². The molecule has 2 aromatic carbocycles. The maximum atomic E-state index is 12.4. The van der Waals surface area contributed by atoms with E-state index in [4.69, 9.17) is 5.73 Å². The zero-order valence-electron chi connectivity index (χ0n) is 10.7. The van der Waals surface area contributed by atoms with Crippen molar-refractivity contribution in [1.82, 2.24) is 0 Å². The molecule has 20 heavy (non-hydrogen) atoms. The Morgan fingerprint density at radius 3 is 2.05 bits per heavy atom. The van der Waals surface area contributed by atoms with Crippen molar-refractivity contribution in [2.45, 2.75) is 12.6 Å². The molecule has 3 N–H and O–H groups in total. The van der Waals surface area contributed by atoms with Crippen LogP contribution in [0.4, 0.5) is 24.5 Å². The van der Waals surface area contributed by atoms with Crippen molar-refractivity contribution < 1.29 is 13.2 Å². The predicted molar refractivity (Wildman–Crippen MR) is 74.5 cm³/mol. The van der Waals surface area contributed by atoms with Crippen LogP contribution in [0.2, 0.25) is 0 Å². The summed E-state index contributed by atoms with van der Waals surface area (Å²) in [5.74, 6) is 0. The van der Waals surface area contributed by atoms with Gasteiger partial charge in [0.25, 0.3) is 0 Å². The first-order valence-electron chi connectivity index (χ1n) is 6.21. The number of hydrogen-bond donors (Lipinski definition) is 2. The van der Waals surface area contributed by atoms with E-state index >= 15 is 0 Å². The first kappa shape index (κ1) is 14.2. The molecule has 0 spiro atoms. The molecule has 0 aliphatic rings. The topological polar surface area (TPSA) is 38.0 Å². The lowest BCUT2D eigenvalue weighted by molar-refractivity contribution is -0.137. The van der Waals surface area contributed by atoms with Crippen LogP contribution in [0.25, 0.3) is 0 Å². The Labute approximate surface area is 115 Å². The molecule has 0 saturated heterocycles. The lowest BCUT2D eigenvalue weighted by Gasteiger charge is -2.09. The zero-order valence-corrected chi connectivity index (χ0v) is 10.7. The highest BCUT2D eigenvalue weighted by molar-refractivity contribution is 5.45. The van der Waals surface area contributed by atoms with Gasteiger partial charge in [-0.15, -0.1) is 0 Å². The van der Waals surface area contributed by atoms with Crippen LogP contribution in [-0.2, 0) is 12.6 Å². The van der Waals surface area contributed by atoms with Gasteiger partial charge in [-0.25, -0.2) is 0 Å². The van der Waals surface area contributed by atoms with Gasteiger partial charge in [0, 0.05) is 17.9 Å². The van der Waals surface area contributed by atoms with Gasteiger partial charge < -0.3 is 11.1 Å². The number of nitrogen functional groups attached to an aromatic ring is 1. The fourth-order valence-electron chi connectivity index (χ4n) is 1.81. The number of nitrogens with one attached hydrogen (secondary N) is 1. The van der Waals surface area contributed by atoms with Crippen molar-refractivity contribution in [1.29, 1.82) is 0 Å². The summed E-state index contributed by atoms with van der Waals surface area (Å²) in [6, 6.07) is 12.5. The minimum absolute atomic E-state index is 0.637. The number of hydrogen-bond acceptors (Lipinski definition) is 2. The van der Waals surface area contributed by atoms with E-state index in [2.05, 4.69) is 5.32 Å². The van der Waals surface area contributed by atoms with Gasteiger partial charge in [0.2, 0.25) is 0 Å². The largest absolute Gasteiger partial charge is 0.416 e. The summed E-state index contributed by atoms with van der Waals surface area (Å²) in [6.07, 6.45) is -3.51. The number of halogens is 3. The van der Waals surface area contributed by atoms with Crippen molar-refractivity contribution in [2.24, 2.45) is 0 Å². The Morgan fingerprint density at radius 1 is 0.900 bits per heavy atom. The molecule has 0 fully saturated rings. The lowest BCUT2D eigenvalue weighted by atomic mass is 10.1. The van der Waals surface area contributed by atoms with E-state index in [1.807, 2.05) is 24.3 Å². The molecule has 0 amide bonds. The molecule has 2 aromatic rings. The first-order chi connectivity index (χ1) is 9.45. The third kappa shape index (κ3) is 3.91. The highest BCUT2D eigenvalue weighted by Gasteiger charge is 2.29. The smallest absolute Gasteiger partial charge is 0.399 e. The molecular formula is C15H15F3N2. The summed E-state index contributed by atoms with van der Waals surface area (Å²) < 4.78 is 37.2. The standard InChI is InChI=1S/C15H15F3N2/c16-15(17,18)12-3-7-14(8-4-12)20-10-9-11-1-5-13(19)6-2-11/h1-8,20H,9-10,19H2. The van der Waals surface area contributed by atoms with Gasteiger partial charge in [-0.1, -0.05) is 12.1 Å². The van der Waals surface area contributed by atoms with Crippen molar-refractivity contribution in [3.63, 3.8) is 0 Å². The van der Waals surface area contributed by atoms with E-state index in [9.17, 15) is 13.2 Å². The van der Waals surface area contributed by atoms with Gasteiger partial charge >= 0.3 is 6.18 Å². The van der Waals surface area contributed by atoms with Crippen LogP contribution in [0.3, 0.4) is 0 Å². The molecule has 106 valence electrons. The normalized spacial score (nSPS) is 11.3. The molecule has 2 rings (SSSR count). The summed E-state index contributed by atoms with van der Waals surface area (Å²) in [4.78, 5) is 0. The van der Waals surface area contributed by atoms with Gasteiger partial charge in [-0.2, -0.15) is 13.2 Å². The second-order valence-corrected chi connectivity index (χ2v) is 4.49. The lowest BCUT2D eigenvalue weighted by Crippen LogP contribution is -2.07. The Morgan fingerprint density at radius 2 is 1.50 bits per heavy atom. The van der Waals surface area contributed by atoms with Crippen LogP contribution in [0.1, 0.15) is 11.1 Å². The molecule has 0 aliphatic heterocycles. The van der Waals surface area contributed by atoms with Gasteiger partial charge in [0.05, 0.1) is 5.56 Å². The Hall–Kier alpha value is -2.17. The van der Waals surface area contributed by atoms with Crippen molar-refractivity contribution in [2.75, 3.05) is 17.6 Å². The van der Waals surface area contributed by atoms with E-state index < -0.39 is 11.7 Å². The monoisotopic (exact) mass is 280 g/mol. The summed E-state index contributed by atoms with van der Waals surface area (Å²) in [7, 11) is 0. The Kier molecular flexibility index (Phi) is 4.17. The zero-order chi connectivity index (χ0) is 14.6. The van der Waals surface area contributed by atoms with Crippen LogP contribution < -0.4 is 11.1 Å². The highest BCUT2D eigenvalue weighted by Crippen LogP contribution is 2.29. The van der Waals surface area contributed by atoms with E-state index in [-0.39, 0.29) is 0 Å². The van der Waals surface area contributed by atoms with Crippen LogP contribution in [-0.4, -0.2) is 6.54 Å². The van der Waals surface area contributed by atoms with Gasteiger partial charge in [0.1, 0.15) is 0 Å². The average molecular weight is 280 g/mol. The molecule has 0 atom stereocenters.